The number of halogens is 1. The van der Waals surface area contributed by atoms with Gasteiger partial charge in [0.2, 0.25) is 11.8 Å². The summed E-state index contributed by atoms with van der Waals surface area (Å²) in [5, 5.41) is 55.7. The summed E-state index contributed by atoms with van der Waals surface area (Å²) in [4.78, 5) is 47.5. The van der Waals surface area contributed by atoms with Gasteiger partial charge in [-0.2, -0.15) is 15.2 Å². The monoisotopic (exact) mass is 1030 g/mol. The minimum atomic E-state index is -0.325. The van der Waals surface area contributed by atoms with E-state index >= 15 is 0 Å². The second-order valence-corrected chi connectivity index (χ2v) is 21.0. The van der Waals surface area contributed by atoms with E-state index in [-0.39, 0.29) is 77.5 Å². The molecule has 4 aromatic carbocycles. The van der Waals surface area contributed by atoms with E-state index < -0.39 is 0 Å². The summed E-state index contributed by atoms with van der Waals surface area (Å²) in [6.07, 6.45) is 4.36. The zero-order chi connectivity index (χ0) is 52.5. The number of amides is 2. The lowest BCUT2D eigenvalue weighted by Gasteiger charge is -2.42. The van der Waals surface area contributed by atoms with Gasteiger partial charge in [0.15, 0.2) is 5.82 Å². The number of nitriles is 1. The second-order valence-electron chi connectivity index (χ2n) is 20.5. The van der Waals surface area contributed by atoms with Crippen LogP contribution < -0.4 is 19.9 Å². The molecule has 0 bridgehead atoms. The molecule has 3 atom stereocenters. The number of phenols is 2. The fourth-order valence-electron chi connectivity index (χ4n) is 11.4. The Hall–Kier alpha value is -7.46. The summed E-state index contributed by atoms with van der Waals surface area (Å²) in [6, 6.07) is 24.7. The van der Waals surface area contributed by atoms with Crippen molar-refractivity contribution in [3.05, 3.63) is 113 Å². The third-order valence-corrected chi connectivity index (χ3v) is 15.7. The van der Waals surface area contributed by atoms with Gasteiger partial charge in [-0.05, 0) is 105 Å². The molecule has 18 nitrogen and oxygen atoms in total. The van der Waals surface area contributed by atoms with Crippen LogP contribution in [0.1, 0.15) is 67.8 Å². The molecule has 0 saturated carbocycles. The molecule has 390 valence electrons. The van der Waals surface area contributed by atoms with Gasteiger partial charge in [0, 0.05) is 80.0 Å². The molecular weight excluding hydrogens is 972 g/mol. The zero-order valence-corrected chi connectivity index (χ0v) is 43.3. The number of anilines is 2. The summed E-state index contributed by atoms with van der Waals surface area (Å²) in [6.45, 7) is 13.5. The van der Waals surface area contributed by atoms with Crippen molar-refractivity contribution in [1.82, 2.24) is 44.7 Å². The molecule has 2 amide bonds. The van der Waals surface area contributed by atoms with Crippen LogP contribution in [0.2, 0.25) is 5.02 Å². The highest BCUT2D eigenvalue weighted by Gasteiger charge is 2.36. The lowest BCUT2D eigenvalue weighted by Crippen LogP contribution is -2.55. The summed E-state index contributed by atoms with van der Waals surface area (Å²) < 4.78 is 8.00. The van der Waals surface area contributed by atoms with Gasteiger partial charge in [0.1, 0.15) is 23.9 Å². The van der Waals surface area contributed by atoms with E-state index in [1.807, 2.05) is 63.4 Å². The molecule has 10 rings (SSSR count). The molecule has 4 N–H and O–H groups in total. The number of phenolic OH excluding ortho intramolecular Hbond substituents is 2. The van der Waals surface area contributed by atoms with Gasteiger partial charge in [-0.3, -0.25) is 19.4 Å². The van der Waals surface area contributed by atoms with E-state index in [9.17, 15) is 30.2 Å². The topological polar surface area (TPSA) is 213 Å². The number of likely N-dealkylation sites (N-methyl/N-ethyl adjacent to an activating group) is 1. The largest absolute Gasteiger partial charge is 0.508 e. The fraction of sp³-hybridized carbons (Fsp3) is 0.411. The van der Waals surface area contributed by atoms with Crippen molar-refractivity contribution in [2.45, 2.75) is 83.1 Å². The van der Waals surface area contributed by atoms with Gasteiger partial charge < -0.3 is 40.1 Å². The van der Waals surface area contributed by atoms with Crippen molar-refractivity contribution in [1.29, 1.82) is 5.26 Å². The van der Waals surface area contributed by atoms with E-state index in [1.54, 1.807) is 11.0 Å². The van der Waals surface area contributed by atoms with Crippen LogP contribution in [0.4, 0.5) is 11.5 Å². The van der Waals surface area contributed by atoms with E-state index in [0.29, 0.717) is 80.6 Å². The van der Waals surface area contributed by atoms with Gasteiger partial charge in [0.05, 0.1) is 47.0 Å². The van der Waals surface area contributed by atoms with E-state index in [0.717, 1.165) is 71.6 Å². The lowest BCUT2D eigenvalue weighted by atomic mass is 9.95. The number of piperazine rings is 1. The second kappa shape index (κ2) is 21.8. The van der Waals surface area contributed by atoms with Crippen LogP contribution in [-0.2, 0) is 29.1 Å². The molecular formula is C56H63ClN12O6. The number of hydrogen-bond donors (Lipinski definition) is 4. The minimum Gasteiger partial charge on any atom is -0.508 e. The third-order valence-electron chi connectivity index (χ3n) is 15.4. The Morgan fingerprint density at radius 3 is 2.45 bits per heavy atom. The quantitative estimate of drug-likeness (QED) is 0.0815. The number of carbonyl (C=O) groups excluding carboxylic acids is 2. The SMILES string of the molecule is C=CC(=O)N1CCN(c2nc(OC[C@@H]3CC(NC(=O)C4CCN(Cc5ccc(-n6c(O)nnc6-c6cc(C(C)C)c(O)cc6O)cc5)CC4)CN3C)nc3c2CCN(c2cccc4cccc(Cl)c24)C3)C[C@@H]1CC#N. The fourth-order valence-corrected chi connectivity index (χ4v) is 11.6. The van der Waals surface area contributed by atoms with Crippen LogP contribution in [0.25, 0.3) is 27.8 Å². The number of ether oxygens (including phenoxy) is 1. The smallest absolute Gasteiger partial charge is 0.319 e. The Kier molecular flexibility index (Phi) is 14.8. The first-order valence-electron chi connectivity index (χ1n) is 25.8. The normalized spacial score (nSPS) is 19.6. The number of likely N-dealkylation sites (tertiary alicyclic amines) is 2. The third kappa shape index (κ3) is 10.6. The Balaban J connectivity index is 0.762. The highest BCUT2D eigenvalue weighted by Crippen LogP contribution is 2.40. The van der Waals surface area contributed by atoms with Crippen LogP contribution in [-0.4, -0.2) is 144 Å². The van der Waals surface area contributed by atoms with Gasteiger partial charge >= 0.3 is 12.0 Å². The maximum Gasteiger partial charge on any atom is 0.319 e. The first kappa shape index (κ1) is 51.0. The zero-order valence-electron chi connectivity index (χ0n) is 42.6. The van der Waals surface area contributed by atoms with Crippen LogP contribution in [0.15, 0.2) is 85.5 Å². The number of nitrogens with zero attached hydrogens (tertiary/aromatic N) is 11. The predicted octanol–water partition coefficient (Wildman–Crippen LogP) is 6.93. The molecule has 1 unspecified atom stereocenters. The van der Waals surface area contributed by atoms with E-state index in [4.69, 9.17) is 26.3 Å². The van der Waals surface area contributed by atoms with Gasteiger partial charge in [-0.25, -0.2) is 4.57 Å². The Labute approximate surface area is 441 Å². The average molecular weight is 1040 g/mol. The molecule has 3 saturated heterocycles. The Bertz CT molecular complexity index is 3150. The van der Waals surface area contributed by atoms with Crippen molar-refractivity contribution in [3.8, 4) is 46.7 Å². The van der Waals surface area contributed by atoms with E-state index in [1.165, 1.54) is 16.7 Å². The molecule has 19 heteroatoms. The number of carbonyl (C=O) groups is 2. The molecule has 0 aliphatic carbocycles. The number of rotatable bonds is 14. The van der Waals surface area contributed by atoms with Crippen molar-refractivity contribution < 1.29 is 29.6 Å². The van der Waals surface area contributed by atoms with Crippen LogP contribution in [0, 0.1) is 17.2 Å². The first-order valence-corrected chi connectivity index (χ1v) is 26.2. The number of piperidine rings is 1. The minimum absolute atomic E-state index is 0.00713. The maximum atomic E-state index is 13.8. The number of aromatic hydroxyl groups is 3. The summed E-state index contributed by atoms with van der Waals surface area (Å²) in [5.41, 5.74) is 5.59. The number of benzene rings is 4. The molecule has 6 heterocycles. The summed E-state index contributed by atoms with van der Waals surface area (Å²) >= 11 is 6.81. The van der Waals surface area contributed by atoms with Gasteiger partial charge in [-0.15, -0.1) is 5.10 Å². The molecule has 0 radical (unpaired) electrons. The average Bonchev–Trinajstić information content (AvgIpc) is 3.97. The summed E-state index contributed by atoms with van der Waals surface area (Å²) in [5.74, 6) is 0.612. The highest BCUT2D eigenvalue weighted by molar-refractivity contribution is 6.36. The standard InChI is InChI=1S/C56H63ClN12O6/c1-5-50(72)68-25-24-67(31-40(68)16-20-58)52-42-19-23-66(47-11-7-9-36-8-6-10-45(57)51(36)47)32-46(42)60-55(61-52)75-33-41-26-38(30-64(41)4)59-54(73)37-17-21-65(22-18-37)29-35-12-14-39(15-13-35)69-53(62-63-56(69)74)44-27-43(34(2)3)48(70)28-49(44)71/h5-15,27-28,34,37-38,40-41,70-71H,1,16-19,21-26,29-33H2,2-4H3,(H,59,73)(H,63,74)/t38?,40-,41-/m0/s1. The van der Waals surface area contributed by atoms with Crippen molar-refractivity contribution in [2.75, 3.05) is 69.3 Å². The lowest BCUT2D eigenvalue weighted by molar-refractivity contribution is -0.128. The number of hydrogen-bond acceptors (Lipinski definition) is 15. The van der Waals surface area contributed by atoms with Crippen molar-refractivity contribution in [2.24, 2.45) is 5.92 Å². The van der Waals surface area contributed by atoms with Crippen molar-refractivity contribution in [3.63, 3.8) is 0 Å². The molecule has 2 aromatic heterocycles. The molecule has 3 fully saturated rings. The molecule has 0 spiro atoms. The highest BCUT2D eigenvalue weighted by atomic mass is 35.5. The maximum absolute atomic E-state index is 13.8. The van der Waals surface area contributed by atoms with E-state index in [2.05, 4.69) is 66.0 Å². The van der Waals surface area contributed by atoms with Gasteiger partial charge in [0.25, 0.3) is 0 Å². The van der Waals surface area contributed by atoms with Crippen LogP contribution >= 0.6 is 11.6 Å². The number of aromatic nitrogens is 5. The molecule has 6 aromatic rings. The Morgan fingerprint density at radius 1 is 0.933 bits per heavy atom. The molecule has 4 aliphatic rings. The molecule has 4 aliphatic heterocycles. The van der Waals surface area contributed by atoms with Crippen molar-refractivity contribution >= 4 is 45.7 Å². The first-order chi connectivity index (χ1) is 36.3. The Morgan fingerprint density at radius 2 is 1.71 bits per heavy atom. The molecule has 75 heavy (non-hydrogen) atoms. The number of nitrogens with one attached hydrogen (secondary N) is 1. The number of fused-ring (bicyclic) bond motifs is 2. The van der Waals surface area contributed by atoms with Crippen LogP contribution in [0.5, 0.6) is 23.5 Å². The summed E-state index contributed by atoms with van der Waals surface area (Å²) in [7, 11) is 2.05. The van der Waals surface area contributed by atoms with Gasteiger partial charge in [-0.1, -0.05) is 73.5 Å². The van der Waals surface area contributed by atoms with Crippen LogP contribution in [0.3, 0.4) is 0 Å². The predicted molar refractivity (Wildman–Crippen MR) is 286 cm³/mol.